The van der Waals surface area contributed by atoms with Crippen LogP contribution in [0.25, 0.3) is 0 Å². The van der Waals surface area contributed by atoms with Crippen LogP contribution in [0.3, 0.4) is 0 Å². The Morgan fingerprint density at radius 3 is 2.62 bits per heavy atom. The quantitative estimate of drug-likeness (QED) is 0.434. The number of esters is 1. The molecule has 2 N–H and O–H groups in total. The highest BCUT2D eigenvalue weighted by molar-refractivity contribution is 7.11. The molecule has 1 unspecified atom stereocenters. The standard InChI is InChI=1S/C28H28FN5O4S/c1-15-7-8-20(31-22(15)27(35)36)34-12-9-17(10-13-34)23-21(28(37)38-3)24(18-5-4-6-19(29)16(18)2)33-25(32-23)26-30-11-14-39-26/h4-8,11,14,17,24H,9-10,12-13H2,1-3H3,(H,32,33)(H,35,36). The lowest BCUT2D eigenvalue weighted by Crippen LogP contribution is -2.41. The number of ether oxygens (including phenoxy) is 1. The number of rotatable bonds is 6. The molecule has 0 radical (unpaired) electrons. The number of halogens is 1. The van der Waals surface area contributed by atoms with E-state index in [1.807, 2.05) is 16.3 Å². The molecule has 1 fully saturated rings. The first-order valence-electron chi connectivity index (χ1n) is 12.6. The molecule has 11 heteroatoms. The van der Waals surface area contributed by atoms with Gasteiger partial charge in [-0.3, -0.25) is 4.99 Å². The van der Waals surface area contributed by atoms with E-state index in [0.29, 0.717) is 70.6 Å². The number of carboxylic acid groups (broad SMARTS) is 1. The van der Waals surface area contributed by atoms with Crippen molar-refractivity contribution in [2.75, 3.05) is 25.1 Å². The molecule has 2 aromatic heterocycles. The number of carbonyl (C=O) groups excluding carboxylic acids is 1. The van der Waals surface area contributed by atoms with E-state index < -0.39 is 18.0 Å². The maximum atomic E-state index is 14.6. The molecule has 1 atom stereocenters. The van der Waals surface area contributed by atoms with E-state index in [-0.39, 0.29) is 17.4 Å². The Kier molecular flexibility index (Phi) is 7.42. The van der Waals surface area contributed by atoms with Crippen LogP contribution < -0.4 is 10.2 Å². The number of aromatic nitrogens is 2. The average molecular weight is 550 g/mol. The number of nitrogens with one attached hydrogen (secondary N) is 1. The Morgan fingerprint density at radius 2 is 1.95 bits per heavy atom. The Bertz CT molecular complexity index is 1480. The van der Waals surface area contributed by atoms with Crippen molar-refractivity contribution in [3.05, 3.63) is 86.4 Å². The molecule has 2 aliphatic heterocycles. The third-order valence-corrected chi connectivity index (χ3v) is 8.01. The van der Waals surface area contributed by atoms with Crippen LogP contribution in [0.4, 0.5) is 10.2 Å². The summed E-state index contributed by atoms with van der Waals surface area (Å²) in [5, 5.41) is 15.4. The number of anilines is 1. The molecule has 2 aliphatic rings. The number of methoxy groups -OCH3 is 1. The molecule has 5 rings (SSSR count). The first-order chi connectivity index (χ1) is 18.8. The SMILES string of the molecule is COC(=O)C1=C(C2CCN(c3ccc(C)c(C(=O)O)n3)CC2)NC(c2nccs2)=NC1c1cccc(F)c1C. The fourth-order valence-corrected chi connectivity index (χ4v) is 5.71. The van der Waals surface area contributed by atoms with E-state index in [1.54, 1.807) is 38.2 Å². The van der Waals surface area contributed by atoms with E-state index in [1.165, 1.54) is 24.5 Å². The third kappa shape index (κ3) is 5.14. The van der Waals surface area contributed by atoms with Gasteiger partial charge >= 0.3 is 11.9 Å². The van der Waals surface area contributed by atoms with Crippen LogP contribution in [0.15, 0.2) is 58.2 Å². The first kappa shape index (κ1) is 26.5. The second kappa shape index (κ2) is 10.9. The van der Waals surface area contributed by atoms with Gasteiger partial charge < -0.3 is 20.1 Å². The number of hydrogen-bond acceptors (Lipinski definition) is 9. The summed E-state index contributed by atoms with van der Waals surface area (Å²) in [6.45, 7) is 4.61. The van der Waals surface area contributed by atoms with E-state index in [2.05, 4.69) is 15.3 Å². The number of carboxylic acids is 1. The summed E-state index contributed by atoms with van der Waals surface area (Å²) in [6, 6.07) is 7.61. The minimum absolute atomic E-state index is 0.0388. The van der Waals surface area contributed by atoms with Gasteiger partial charge in [-0.25, -0.2) is 23.9 Å². The van der Waals surface area contributed by atoms with Gasteiger partial charge in [0.1, 0.15) is 17.7 Å². The van der Waals surface area contributed by atoms with Crippen molar-refractivity contribution in [1.82, 2.24) is 15.3 Å². The molecule has 0 spiro atoms. The second-order valence-corrected chi connectivity index (χ2v) is 10.4. The number of aliphatic imine (C=N–C) groups is 1. The van der Waals surface area contributed by atoms with Crippen molar-refractivity contribution in [2.24, 2.45) is 10.9 Å². The second-order valence-electron chi connectivity index (χ2n) is 9.52. The zero-order valence-electron chi connectivity index (χ0n) is 21.8. The van der Waals surface area contributed by atoms with Gasteiger partial charge in [0, 0.05) is 36.3 Å². The Hall–Kier alpha value is -4.12. The summed E-state index contributed by atoms with van der Waals surface area (Å²) in [4.78, 5) is 40.5. The lowest BCUT2D eigenvalue weighted by atomic mass is 9.85. The number of pyridine rings is 1. The van der Waals surface area contributed by atoms with Crippen molar-refractivity contribution in [1.29, 1.82) is 0 Å². The smallest absolute Gasteiger partial charge is 0.354 e. The molecule has 202 valence electrons. The maximum absolute atomic E-state index is 14.6. The van der Waals surface area contributed by atoms with Crippen molar-refractivity contribution in [2.45, 2.75) is 32.7 Å². The first-order valence-corrected chi connectivity index (χ1v) is 13.4. The van der Waals surface area contributed by atoms with E-state index >= 15 is 0 Å². The summed E-state index contributed by atoms with van der Waals surface area (Å²) in [5.41, 5.74) is 2.70. The van der Waals surface area contributed by atoms with E-state index in [4.69, 9.17) is 9.73 Å². The van der Waals surface area contributed by atoms with E-state index in [9.17, 15) is 19.1 Å². The molecule has 1 saturated heterocycles. The van der Waals surface area contributed by atoms with Crippen LogP contribution in [-0.2, 0) is 9.53 Å². The predicted octanol–water partition coefficient (Wildman–Crippen LogP) is 4.43. The molecule has 3 aromatic rings. The van der Waals surface area contributed by atoms with Crippen LogP contribution >= 0.6 is 11.3 Å². The van der Waals surface area contributed by atoms with Gasteiger partial charge in [0.2, 0.25) is 0 Å². The third-order valence-electron chi connectivity index (χ3n) is 7.23. The number of thiazole rings is 1. The number of nitrogens with zero attached hydrogens (tertiary/aromatic N) is 4. The van der Waals surface area contributed by atoms with E-state index in [0.717, 1.165) is 0 Å². The Labute approximate surface area is 229 Å². The number of piperidine rings is 1. The molecule has 4 heterocycles. The van der Waals surface area contributed by atoms with Gasteiger partial charge in [-0.1, -0.05) is 18.2 Å². The molecule has 0 aliphatic carbocycles. The molecule has 0 amide bonds. The molecule has 1 aromatic carbocycles. The van der Waals surface area contributed by atoms with Crippen molar-refractivity contribution < 1.29 is 23.8 Å². The lowest BCUT2D eigenvalue weighted by molar-refractivity contribution is -0.136. The van der Waals surface area contributed by atoms with Crippen LogP contribution in [0.2, 0.25) is 0 Å². The molecule has 39 heavy (non-hydrogen) atoms. The van der Waals surface area contributed by atoms with Gasteiger partial charge in [-0.05, 0) is 55.5 Å². The number of aryl methyl sites for hydroxylation is 1. The molecule has 9 nitrogen and oxygen atoms in total. The molecule has 0 saturated carbocycles. The van der Waals surface area contributed by atoms with Gasteiger partial charge in [-0.15, -0.1) is 11.3 Å². The molecular weight excluding hydrogens is 521 g/mol. The highest BCUT2D eigenvalue weighted by Crippen LogP contribution is 2.39. The minimum atomic E-state index is -1.06. The summed E-state index contributed by atoms with van der Waals surface area (Å²) >= 11 is 1.42. The van der Waals surface area contributed by atoms with Gasteiger partial charge in [-0.2, -0.15) is 0 Å². The number of allylic oxidation sites excluding steroid dienone is 1. The lowest BCUT2D eigenvalue weighted by Gasteiger charge is -2.37. The fourth-order valence-electron chi connectivity index (χ4n) is 5.12. The normalized spacial score (nSPS) is 18.0. The summed E-state index contributed by atoms with van der Waals surface area (Å²) in [7, 11) is 1.33. The zero-order valence-corrected chi connectivity index (χ0v) is 22.6. The summed E-state index contributed by atoms with van der Waals surface area (Å²) in [6.07, 6.45) is 3.02. The number of benzene rings is 1. The van der Waals surface area contributed by atoms with Crippen molar-refractivity contribution >= 4 is 34.9 Å². The van der Waals surface area contributed by atoms with Crippen LogP contribution in [0.5, 0.6) is 0 Å². The number of aromatic carboxylic acids is 1. The number of amidine groups is 1. The Balaban J connectivity index is 1.51. The zero-order chi connectivity index (χ0) is 27.7. The number of carbonyl (C=O) groups is 2. The van der Waals surface area contributed by atoms with Crippen molar-refractivity contribution in [3.63, 3.8) is 0 Å². The van der Waals surface area contributed by atoms with Crippen molar-refractivity contribution in [3.8, 4) is 0 Å². The largest absolute Gasteiger partial charge is 0.477 e. The van der Waals surface area contributed by atoms with Gasteiger partial charge in [0.25, 0.3) is 0 Å². The molecule has 0 bridgehead atoms. The minimum Gasteiger partial charge on any atom is -0.477 e. The predicted molar refractivity (Wildman–Crippen MR) is 146 cm³/mol. The van der Waals surface area contributed by atoms with Gasteiger partial charge in [0.05, 0.1) is 12.7 Å². The topological polar surface area (TPSA) is 117 Å². The maximum Gasteiger partial charge on any atom is 0.354 e. The van der Waals surface area contributed by atoms with Crippen LogP contribution in [0, 0.1) is 25.6 Å². The molecular formula is C28H28FN5O4S. The van der Waals surface area contributed by atoms with Gasteiger partial charge in [0.15, 0.2) is 16.5 Å². The Morgan fingerprint density at radius 1 is 1.18 bits per heavy atom. The summed E-state index contributed by atoms with van der Waals surface area (Å²) < 4.78 is 19.8. The van der Waals surface area contributed by atoms with Crippen LogP contribution in [-0.4, -0.2) is 53.0 Å². The summed E-state index contributed by atoms with van der Waals surface area (Å²) in [5.74, 6) is -0.884. The number of hydrogen-bond donors (Lipinski definition) is 2. The highest BCUT2D eigenvalue weighted by Gasteiger charge is 2.37. The monoisotopic (exact) mass is 549 g/mol. The fraction of sp³-hybridized carbons (Fsp3) is 0.321. The van der Waals surface area contributed by atoms with Crippen LogP contribution in [0.1, 0.15) is 51.1 Å². The average Bonchev–Trinajstić information content (AvgIpc) is 3.49. The highest BCUT2D eigenvalue weighted by atomic mass is 32.1.